The fourth-order valence-corrected chi connectivity index (χ4v) is 3.23. The van der Waals surface area contributed by atoms with Crippen LogP contribution in [0.5, 0.6) is 0 Å². The van der Waals surface area contributed by atoms with Gasteiger partial charge in [0.15, 0.2) is 0 Å². The van der Waals surface area contributed by atoms with Crippen LogP contribution in [-0.4, -0.2) is 5.78 Å². The van der Waals surface area contributed by atoms with Crippen LogP contribution in [0.3, 0.4) is 0 Å². The molecule has 0 spiro atoms. The van der Waals surface area contributed by atoms with E-state index in [4.69, 9.17) is 0 Å². The molecule has 0 atom stereocenters. The van der Waals surface area contributed by atoms with Gasteiger partial charge in [-0.05, 0) is 50.3 Å². The summed E-state index contributed by atoms with van der Waals surface area (Å²) in [7, 11) is 0. The molecule has 1 aromatic carbocycles. The fraction of sp³-hybridized carbons (Fsp3) is 0.588. The summed E-state index contributed by atoms with van der Waals surface area (Å²) in [6.45, 7) is 6.37. The molecule has 0 aromatic heterocycles. The van der Waals surface area contributed by atoms with Gasteiger partial charge in [0, 0.05) is 12.3 Å². The molecule has 18 heavy (non-hydrogen) atoms. The molecule has 0 unspecified atom stereocenters. The van der Waals surface area contributed by atoms with Crippen LogP contribution >= 0.6 is 0 Å². The second-order valence-corrected chi connectivity index (χ2v) is 5.86. The summed E-state index contributed by atoms with van der Waals surface area (Å²) < 4.78 is 0. The fourth-order valence-electron chi connectivity index (χ4n) is 3.23. The number of carbonyl (C=O) groups is 1. The SMILES string of the molecule is Cc1cc(C)c(CC(=O)C2CCCCC2)c(C)c1. The van der Waals surface area contributed by atoms with E-state index in [9.17, 15) is 4.79 Å². The summed E-state index contributed by atoms with van der Waals surface area (Å²) in [5.41, 5.74) is 5.10. The van der Waals surface area contributed by atoms with E-state index in [-0.39, 0.29) is 0 Å². The Bertz CT molecular complexity index is 416. The highest BCUT2D eigenvalue weighted by atomic mass is 16.1. The van der Waals surface area contributed by atoms with Gasteiger partial charge in [0.1, 0.15) is 5.78 Å². The zero-order chi connectivity index (χ0) is 13.1. The smallest absolute Gasteiger partial charge is 0.140 e. The van der Waals surface area contributed by atoms with Crippen molar-refractivity contribution in [2.75, 3.05) is 0 Å². The van der Waals surface area contributed by atoms with Gasteiger partial charge in [-0.3, -0.25) is 4.79 Å². The van der Waals surface area contributed by atoms with Gasteiger partial charge in [-0.2, -0.15) is 0 Å². The third-order valence-corrected chi connectivity index (χ3v) is 4.25. The maximum atomic E-state index is 12.4. The summed E-state index contributed by atoms with van der Waals surface area (Å²) in [4.78, 5) is 12.4. The maximum absolute atomic E-state index is 12.4. The van der Waals surface area contributed by atoms with Gasteiger partial charge in [0.05, 0.1) is 0 Å². The van der Waals surface area contributed by atoms with E-state index in [0.717, 1.165) is 12.8 Å². The summed E-state index contributed by atoms with van der Waals surface area (Å²) >= 11 is 0. The molecular weight excluding hydrogens is 220 g/mol. The monoisotopic (exact) mass is 244 g/mol. The van der Waals surface area contributed by atoms with Crippen molar-refractivity contribution in [3.8, 4) is 0 Å². The van der Waals surface area contributed by atoms with Crippen LogP contribution in [0.4, 0.5) is 0 Å². The first-order chi connectivity index (χ1) is 8.58. The van der Waals surface area contributed by atoms with E-state index < -0.39 is 0 Å². The standard InChI is InChI=1S/C17H24O/c1-12-9-13(2)16(14(3)10-12)11-17(18)15-7-5-4-6-8-15/h9-10,15H,4-8,11H2,1-3H3. The molecule has 0 amide bonds. The number of Topliss-reactive ketones (excluding diaryl/α,β-unsaturated/α-hetero) is 1. The number of rotatable bonds is 3. The zero-order valence-electron chi connectivity index (χ0n) is 11.9. The lowest BCUT2D eigenvalue weighted by Gasteiger charge is -2.21. The molecule has 1 saturated carbocycles. The third kappa shape index (κ3) is 3.01. The first-order valence-electron chi connectivity index (χ1n) is 7.17. The van der Waals surface area contributed by atoms with Crippen LogP contribution in [0.25, 0.3) is 0 Å². The summed E-state index contributed by atoms with van der Waals surface area (Å²) in [5, 5.41) is 0. The Morgan fingerprint density at radius 1 is 1.06 bits per heavy atom. The average Bonchev–Trinajstić information content (AvgIpc) is 2.34. The van der Waals surface area contributed by atoms with E-state index in [1.807, 2.05) is 0 Å². The number of hydrogen-bond donors (Lipinski definition) is 0. The first kappa shape index (κ1) is 13.3. The number of carbonyl (C=O) groups excluding carboxylic acids is 1. The minimum atomic E-state index is 0.332. The largest absolute Gasteiger partial charge is 0.299 e. The molecule has 0 N–H and O–H groups in total. The van der Waals surface area contributed by atoms with Crippen molar-refractivity contribution in [2.45, 2.75) is 59.3 Å². The topological polar surface area (TPSA) is 17.1 Å². The Morgan fingerprint density at radius 2 is 1.61 bits per heavy atom. The molecule has 2 rings (SSSR count). The third-order valence-electron chi connectivity index (χ3n) is 4.25. The van der Waals surface area contributed by atoms with E-state index in [2.05, 4.69) is 32.9 Å². The van der Waals surface area contributed by atoms with Crippen molar-refractivity contribution in [3.05, 3.63) is 34.4 Å². The lowest BCUT2D eigenvalue weighted by atomic mass is 9.83. The van der Waals surface area contributed by atoms with Gasteiger partial charge in [0.25, 0.3) is 0 Å². The normalized spacial score (nSPS) is 16.8. The Balaban J connectivity index is 2.11. The highest BCUT2D eigenvalue weighted by Crippen LogP contribution is 2.27. The zero-order valence-corrected chi connectivity index (χ0v) is 11.9. The van der Waals surface area contributed by atoms with Crippen molar-refractivity contribution in [3.63, 3.8) is 0 Å². The van der Waals surface area contributed by atoms with E-state index in [0.29, 0.717) is 18.1 Å². The first-order valence-corrected chi connectivity index (χ1v) is 7.17. The van der Waals surface area contributed by atoms with Crippen molar-refractivity contribution < 1.29 is 4.79 Å². The Morgan fingerprint density at radius 3 is 2.17 bits per heavy atom. The van der Waals surface area contributed by atoms with Crippen LogP contribution in [0.15, 0.2) is 12.1 Å². The molecule has 0 saturated heterocycles. The number of ketones is 1. The molecule has 0 heterocycles. The van der Waals surface area contributed by atoms with Crippen LogP contribution < -0.4 is 0 Å². The van der Waals surface area contributed by atoms with Gasteiger partial charge < -0.3 is 0 Å². The molecule has 1 heteroatoms. The van der Waals surface area contributed by atoms with Gasteiger partial charge >= 0.3 is 0 Å². The lowest BCUT2D eigenvalue weighted by Crippen LogP contribution is -2.20. The van der Waals surface area contributed by atoms with Crippen LogP contribution in [0, 0.1) is 26.7 Å². The Labute approximate surface area is 111 Å². The van der Waals surface area contributed by atoms with Crippen LogP contribution in [0.2, 0.25) is 0 Å². The van der Waals surface area contributed by atoms with Gasteiger partial charge in [0.2, 0.25) is 0 Å². The highest BCUT2D eigenvalue weighted by molar-refractivity contribution is 5.84. The van der Waals surface area contributed by atoms with Crippen LogP contribution in [0.1, 0.15) is 54.4 Å². The Kier molecular flexibility index (Phi) is 4.21. The van der Waals surface area contributed by atoms with Gasteiger partial charge in [-0.15, -0.1) is 0 Å². The number of hydrogen-bond acceptors (Lipinski definition) is 1. The van der Waals surface area contributed by atoms with E-state index >= 15 is 0 Å². The molecule has 0 bridgehead atoms. The molecule has 1 aromatic rings. The summed E-state index contributed by atoms with van der Waals surface area (Å²) in [6.07, 6.45) is 6.66. The van der Waals surface area contributed by atoms with Crippen molar-refractivity contribution in [2.24, 2.45) is 5.92 Å². The highest BCUT2D eigenvalue weighted by Gasteiger charge is 2.22. The predicted molar refractivity (Wildman–Crippen MR) is 75.9 cm³/mol. The molecule has 1 nitrogen and oxygen atoms in total. The quantitative estimate of drug-likeness (QED) is 0.774. The average molecular weight is 244 g/mol. The second kappa shape index (κ2) is 5.69. The van der Waals surface area contributed by atoms with Crippen molar-refractivity contribution in [1.29, 1.82) is 0 Å². The minimum Gasteiger partial charge on any atom is -0.299 e. The van der Waals surface area contributed by atoms with Gasteiger partial charge in [-0.1, -0.05) is 37.0 Å². The maximum Gasteiger partial charge on any atom is 0.140 e. The predicted octanol–water partition coefficient (Wildman–Crippen LogP) is 4.30. The van der Waals surface area contributed by atoms with E-state index in [1.54, 1.807) is 0 Å². The second-order valence-electron chi connectivity index (χ2n) is 5.86. The van der Waals surface area contributed by atoms with Gasteiger partial charge in [-0.25, -0.2) is 0 Å². The molecule has 1 fully saturated rings. The van der Waals surface area contributed by atoms with Crippen molar-refractivity contribution >= 4 is 5.78 Å². The van der Waals surface area contributed by atoms with E-state index in [1.165, 1.54) is 41.5 Å². The lowest BCUT2D eigenvalue weighted by molar-refractivity contribution is -0.123. The molecule has 0 aliphatic heterocycles. The van der Waals surface area contributed by atoms with Crippen molar-refractivity contribution in [1.82, 2.24) is 0 Å². The molecule has 0 radical (unpaired) electrons. The Hall–Kier alpha value is -1.11. The molecule has 98 valence electrons. The summed E-state index contributed by atoms with van der Waals surface area (Å²) in [6, 6.07) is 4.38. The molecule has 1 aliphatic carbocycles. The minimum absolute atomic E-state index is 0.332. The molecular formula is C17H24O. The number of aryl methyl sites for hydroxylation is 3. The van der Waals surface area contributed by atoms with Crippen LogP contribution in [-0.2, 0) is 11.2 Å². The summed E-state index contributed by atoms with van der Waals surface area (Å²) in [5.74, 6) is 0.795. The number of benzene rings is 1. The molecule has 1 aliphatic rings.